The van der Waals surface area contributed by atoms with Gasteiger partial charge < -0.3 is 5.73 Å². The molecule has 0 radical (unpaired) electrons. The summed E-state index contributed by atoms with van der Waals surface area (Å²) in [5.41, 5.74) is 7.80. The highest BCUT2D eigenvalue weighted by Gasteiger charge is 2.17. The average Bonchev–Trinajstić information content (AvgIpc) is 2.17. The number of carbonyl (C=O) groups is 1. The Morgan fingerprint density at radius 1 is 1.25 bits per heavy atom. The van der Waals surface area contributed by atoms with Crippen molar-refractivity contribution >= 4 is 5.91 Å². The van der Waals surface area contributed by atoms with Crippen LogP contribution in [0, 0.1) is 0 Å². The Morgan fingerprint density at radius 3 is 2.06 bits per heavy atom. The van der Waals surface area contributed by atoms with E-state index in [1.807, 2.05) is 19.1 Å². The van der Waals surface area contributed by atoms with Gasteiger partial charge in [-0.15, -0.1) is 0 Å². The number of hydrogen-bond acceptors (Lipinski definition) is 1. The Bertz CT molecular complexity index is 359. The highest BCUT2D eigenvalue weighted by atomic mass is 16.1. The Hall–Kier alpha value is -1.31. The second kappa shape index (κ2) is 4.69. The molecule has 2 N–H and O–H groups in total. The van der Waals surface area contributed by atoms with Crippen LogP contribution in [0.2, 0.25) is 0 Å². The van der Waals surface area contributed by atoms with Gasteiger partial charge in [-0.05, 0) is 23.0 Å². The molecule has 0 saturated carbocycles. The molecular formula is C14H21NO. The molecule has 1 aromatic carbocycles. The van der Waals surface area contributed by atoms with Crippen LogP contribution in [0.25, 0.3) is 0 Å². The number of rotatable bonds is 3. The first-order chi connectivity index (χ1) is 7.36. The second-order valence-corrected chi connectivity index (χ2v) is 5.24. The third kappa shape index (κ3) is 2.84. The predicted octanol–water partition coefficient (Wildman–Crippen LogP) is 2.96. The van der Waals surface area contributed by atoms with Crippen LogP contribution >= 0.6 is 0 Å². The predicted molar refractivity (Wildman–Crippen MR) is 67.4 cm³/mol. The molecule has 0 heterocycles. The van der Waals surface area contributed by atoms with Crippen molar-refractivity contribution in [1.82, 2.24) is 0 Å². The largest absolute Gasteiger partial charge is 0.369 e. The molecule has 1 amide bonds. The van der Waals surface area contributed by atoms with Gasteiger partial charge in [0.15, 0.2) is 0 Å². The SMILES string of the molecule is CC[C@@H](C(N)=O)c1ccc(C(C)(C)C)cc1. The molecular weight excluding hydrogens is 198 g/mol. The molecule has 0 bridgehead atoms. The zero-order valence-corrected chi connectivity index (χ0v) is 10.6. The van der Waals surface area contributed by atoms with Crippen LogP contribution in [0.5, 0.6) is 0 Å². The topological polar surface area (TPSA) is 43.1 Å². The van der Waals surface area contributed by atoms with Gasteiger partial charge in [0, 0.05) is 0 Å². The summed E-state index contributed by atoms with van der Waals surface area (Å²) in [5, 5.41) is 0. The van der Waals surface area contributed by atoms with Gasteiger partial charge in [-0.1, -0.05) is 52.0 Å². The van der Waals surface area contributed by atoms with E-state index in [4.69, 9.17) is 5.73 Å². The lowest BCUT2D eigenvalue weighted by Gasteiger charge is -2.20. The van der Waals surface area contributed by atoms with Crippen LogP contribution in [0.4, 0.5) is 0 Å². The molecule has 1 atom stereocenters. The van der Waals surface area contributed by atoms with E-state index < -0.39 is 0 Å². The Morgan fingerprint density at radius 2 is 1.75 bits per heavy atom. The minimum Gasteiger partial charge on any atom is -0.369 e. The smallest absolute Gasteiger partial charge is 0.224 e. The lowest BCUT2D eigenvalue weighted by molar-refractivity contribution is -0.119. The van der Waals surface area contributed by atoms with E-state index in [0.717, 1.165) is 12.0 Å². The molecule has 88 valence electrons. The fraction of sp³-hybridized carbons (Fsp3) is 0.500. The number of carbonyl (C=O) groups excluding carboxylic acids is 1. The molecule has 2 heteroatoms. The monoisotopic (exact) mass is 219 g/mol. The molecule has 2 nitrogen and oxygen atoms in total. The lowest BCUT2D eigenvalue weighted by Crippen LogP contribution is -2.21. The van der Waals surface area contributed by atoms with E-state index in [2.05, 4.69) is 32.9 Å². The van der Waals surface area contributed by atoms with Crippen LogP contribution in [0.15, 0.2) is 24.3 Å². The van der Waals surface area contributed by atoms with E-state index in [-0.39, 0.29) is 17.2 Å². The Kier molecular flexibility index (Phi) is 3.74. The highest BCUT2D eigenvalue weighted by molar-refractivity contribution is 5.81. The van der Waals surface area contributed by atoms with Crippen molar-refractivity contribution in [1.29, 1.82) is 0 Å². The normalized spacial score (nSPS) is 13.5. The van der Waals surface area contributed by atoms with Crippen molar-refractivity contribution in [3.8, 4) is 0 Å². The second-order valence-electron chi connectivity index (χ2n) is 5.24. The molecule has 1 rings (SSSR count). The maximum absolute atomic E-state index is 11.2. The fourth-order valence-corrected chi connectivity index (χ4v) is 1.82. The first kappa shape index (κ1) is 12.8. The zero-order valence-electron chi connectivity index (χ0n) is 10.6. The molecule has 0 aliphatic heterocycles. The molecule has 16 heavy (non-hydrogen) atoms. The van der Waals surface area contributed by atoms with Crippen molar-refractivity contribution in [2.75, 3.05) is 0 Å². The molecule has 0 unspecified atom stereocenters. The van der Waals surface area contributed by atoms with E-state index in [0.29, 0.717) is 0 Å². The summed E-state index contributed by atoms with van der Waals surface area (Å²) in [7, 11) is 0. The third-order valence-corrected chi connectivity index (χ3v) is 2.93. The average molecular weight is 219 g/mol. The van der Waals surface area contributed by atoms with Crippen molar-refractivity contribution < 1.29 is 4.79 Å². The van der Waals surface area contributed by atoms with E-state index >= 15 is 0 Å². The quantitative estimate of drug-likeness (QED) is 0.834. The van der Waals surface area contributed by atoms with Gasteiger partial charge in [0.25, 0.3) is 0 Å². The molecule has 0 aromatic heterocycles. The van der Waals surface area contributed by atoms with Crippen LogP contribution in [-0.4, -0.2) is 5.91 Å². The maximum Gasteiger partial charge on any atom is 0.224 e. The van der Waals surface area contributed by atoms with Gasteiger partial charge in [0.2, 0.25) is 5.91 Å². The Balaban J connectivity index is 2.98. The zero-order chi connectivity index (χ0) is 12.3. The van der Waals surface area contributed by atoms with Gasteiger partial charge in [-0.3, -0.25) is 4.79 Å². The third-order valence-electron chi connectivity index (χ3n) is 2.93. The van der Waals surface area contributed by atoms with E-state index in [1.54, 1.807) is 0 Å². The summed E-state index contributed by atoms with van der Waals surface area (Å²) in [6, 6.07) is 8.20. The number of amides is 1. The van der Waals surface area contributed by atoms with Crippen LogP contribution in [0.1, 0.15) is 51.2 Å². The summed E-state index contributed by atoms with van der Waals surface area (Å²) >= 11 is 0. The van der Waals surface area contributed by atoms with Crippen molar-refractivity contribution in [3.05, 3.63) is 35.4 Å². The first-order valence-corrected chi connectivity index (χ1v) is 5.76. The number of hydrogen-bond donors (Lipinski definition) is 1. The molecule has 0 spiro atoms. The van der Waals surface area contributed by atoms with Gasteiger partial charge in [-0.25, -0.2) is 0 Å². The molecule has 0 saturated heterocycles. The molecule has 0 aliphatic carbocycles. The highest BCUT2D eigenvalue weighted by Crippen LogP contribution is 2.25. The fourth-order valence-electron chi connectivity index (χ4n) is 1.82. The minimum atomic E-state index is -0.244. The van der Waals surface area contributed by atoms with Gasteiger partial charge in [0.05, 0.1) is 5.92 Å². The number of nitrogens with two attached hydrogens (primary N) is 1. The lowest BCUT2D eigenvalue weighted by atomic mass is 9.85. The minimum absolute atomic E-state index is 0.146. The maximum atomic E-state index is 11.2. The van der Waals surface area contributed by atoms with Crippen molar-refractivity contribution in [2.45, 2.75) is 45.4 Å². The Labute approximate surface area is 97.9 Å². The standard InChI is InChI=1S/C14H21NO/c1-5-12(13(15)16)10-6-8-11(9-7-10)14(2,3)4/h6-9,12H,5H2,1-4H3,(H2,15,16)/t12-/m1/s1. The van der Waals surface area contributed by atoms with Crippen LogP contribution in [-0.2, 0) is 10.2 Å². The molecule has 0 aliphatic rings. The summed E-state index contributed by atoms with van der Waals surface area (Å²) in [4.78, 5) is 11.2. The van der Waals surface area contributed by atoms with Crippen LogP contribution < -0.4 is 5.73 Å². The summed E-state index contributed by atoms with van der Waals surface area (Å²) in [5.74, 6) is -0.403. The van der Waals surface area contributed by atoms with Crippen LogP contribution in [0.3, 0.4) is 0 Å². The van der Waals surface area contributed by atoms with Crippen molar-refractivity contribution in [2.24, 2.45) is 5.73 Å². The van der Waals surface area contributed by atoms with Gasteiger partial charge >= 0.3 is 0 Å². The summed E-state index contributed by atoms with van der Waals surface area (Å²) < 4.78 is 0. The first-order valence-electron chi connectivity index (χ1n) is 5.76. The van der Waals surface area contributed by atoms with E-state index in [9.17, 15) is 4.79 Å². The van der Waals surface area contributed by atoms with Crippen molar-refractivity contribution in [3.63, 3.8) is 0 Å². The van der Waals surface area contributed by atoms with E-state index in [1.165, 1.54) is 5.56 Å². The van der Waals surface area contributed by atoms with Gasteiger partial charge in [0.1, 0.15) is 0 Å². The number of primary amides is 1. The summed E-state index contributed by atoms with van der Waals surface area (Å²) in [6.07, 6.45) is 0.754. The summed E-state index contributed by atoms with van der Waals surface area (Å²) in [6.45, 7) is 8.50. The molecule has 1 aromatic rings. The number of benzene rings is 1. The molecule has 0 fully saturated rings. The van der Waals surface area contributed by atoms with Gasteiger partial charge in [-0.2, -0.15) is 0 Å².